The first kappa shape index (κ1) is 43.8. The molecular formula is C46H53N6O8P. The lowest BCUT2D eigenvalue weighted by atomic mass is 9.80. The standard InChI is InChI=1S/C46H53N6O8P/c1-30(2)52(31(3)4)61(57-8)60-40-38(59-45(41(40)56-7)51-29-49-39-42(47-28-48-43(39)51)50-44(53)32-15-11-9-12-16-32)27-58-46(33-17-13-10-14-18-33,34-19-23-36(54-5)24-20-34)35-21-25-37(55-6)26-22-35/h9-26,28-31,38,40-41,45H,27H2,1-8H3,(H,47,48,50,53)/t38-,40-,41-,45-,61?/m1/s1. The number of hydrogen-bond donors (Lipinski definition) is 1. The molecule has 2 aromatic heterocycles. The molecule has 1 fully saturated rings. The predicted molar refractivity (Wildman–Crippen MR) is 234 cm³/mol. The van der Waals surface area contributed by atoms with E-state index in [0.29, 0.717) is 28.2 Å². The number of carbonyl (C=O) groups is 1. The number of nitrogens with zero attached hydrogens (tertiary/aromatic N) is 5. The number of imidazole rings is 1. The number of amides is 1. The van der Waals surface area contributed by atoms with Gasteiger partial charge in [-0.3, -0.25) is 9.36 Å². The summed E-state index contributed by atoms with van der Waals surface area (Å²) in [5, 5.41) is 2.90. The van der Waals surface area contributed by atoms with E-state index in [1.165, 1.54) is 6.33 Å². The second-order valence-electron chi connectivity index (χ2n) is 15.0. The van der Waals surface area contributed by atoms with Gasteiger partial charge in [-0.25, -0.2) is 19.6 Å². The molecule has 3 heterocycles. The van der Waals surface area contributed by atoms with Crippen LogP contribution in [0.5, 0.6) is 11.5 Å². The summed E-state index contributed by atoms with van der Waals surface area (Å²) in [6, 6.07) is 35.0. The third-order valence-electron chi connectivity index (χ3n) is 10.7. The Bertz CT molecular complexity index is 2280. The van der Waals surface area contributed by atoms with Crippen LogP contribution in [-0.4, -0.2) is 95.5 Å². The van der Waals surface area contributed by atoms with E-state index >= 15 is 0 Å². The van der Waals surface area contributed by atoms with Crippen LogP contribution in [0.2, 0.25) is 0 Å². The van der Waals surface area contributed by atoms with Gasteiger partial charge in [-0.05, 0) is 80.8 Å². The van der Waals surface area contributed by atoms with Crippen LogP contribution in [0.1, 0.15) is 61.0 Å². The minimum absolute atomic E-state index is 0.0459. The molecule has 1 N–H and O–H groups in total. The SMILES string of the molecule is COc1ccc(C(OC[C@H]2O[C@@H](n3cnc4c(NC(=O)c5ccccc5)ncnc43)[C@H](OC)[C@@H]2OP(OC)N(C(C)C)C(C)C)(c2ccccc2)c2ccc(OC)cc2)cc1. The molecule has 15 heteroatoms. The average molecular weight is 849 g/mol. The zero-order valence-electron chi connectivity index (χ0n) is 35.7. The van der Waals surface area contributed by atoms with Crippen molar-refractivity contribution in [3.05, 3.63) is 144 Å². The normalized spacial score (nSPS) is 18.5. The van der Waals surface area contributed by atoms with Crippen molar-refractivity contribution in [3.8, 4) is 11.5 Å². The minimum Gasteiger partial charge on any atom is -0.497 e. The molecule has 1 aliphatic heterocycles. The number of anilines is 1. The van der Waals surface area contributed by atoms with E-state index in [1.807, 2.05) is 72.8 Å². The summed E-state index contributed by atoms with van der Waals surface area (Å²) in [6.45, 7) is 8.50. The maximum atomic E-state index is 13.2. The maximum absolute atomic E-state index is 13.2. The molecule has 61 heavy (non-hydrogen) atoms. The first-order valence-electron chi connectivity index (χ1n) is 20.1. The van der Waals surface area contributed by atoms with Crippen molar-refractivity contribution in [2.75, 3.05) is 40.4 Å². The molecule has 320 valence electrons. The highest BCUT2D eigenvalue weighted by molar-refractivity contribution is 7.44. The van der Waals surface area contributed by atoms with Crippen LogP contribution in [0.4, 0.5) is 5.82 Å². The van der Waals surface area contributed by atoms with E-state index in [0.717, 1.165) is 16.7 Å². The van der Waals surface area contributed by atoms with Gasteiger partial charge >= 0.3 is 0 Å². The van der Waals surface area contributed by atoms with E-state index < -0.39 is 38.7 Å². The van der Waals surface area contributed by atoms with Crippen LogP contribution in [-0.2, 0) is 28.9 Å². The van der Waals surface area contributed by atoms with E-state index in [9.17, 15) is 4.79 Å². The van der Waals surface area contributed by atoms with E-state index in [1.54, 1.807) is 63.6 Å². The van der Waals surface area contributed by atoms with E-state index in [2.05, 4.69) is 64.8 Å². The summed E-state index contributed by atoms with van der Waals surface area (Å²) >= 11 is 0. The van der Waals surface area contributed by atoms with Crippen LogP contribution in [0.15, 0.2) is 122 Å². The third kappa shape index (κ3) is 9.03. The first-order valence-corrected chi connectivity index (χ1v) is 21.3. The van der Waals surface area contributed by atoms with Gasteiger partial charge in [0.25, 0.3) is 14.4 Å². The summed E-state index contributed by atoms with van der Waals surface area (Å²) < 4.78 is 49.1. The molecular weight excluding hydrogens is 796 g/mol. The number of aromatic nitrogens is 4. The van der Waals surface area contributed by atoms with Gasteiger partial charge in [-0.1, -0.05) is 72.8 Å². The Morgan fingerprint density at radius 1 is 0.770 bits per heavy atom. The molecule has 7 rings (SSSR count). The molecule has 1 saturated heterocycles. The fourth-order valence-corrected chi connectivity index (χ4v) is 9.50. The molecule has 5 atom stereocenters. The highest BCUT2D eigenvalue weighted by Crippen LogP contribution is 2.51. The molecule has 4 aromatic carbocycles. The molecule has 0 bridgehead atoms. The Balaban J connectivity index is 1.31. The largest absolute Gasteiger partial charge is 0.497 e. The van der Waals surface area contributed by atoms with Crippen molar-refractivity contribution in [2.45, 2.75) is 69.9 Å². The Kier molecular flexibility index (Phi) is 14.1. The smallest absolute Gasteiger partial charge is 0.259 e. The summed E-state index contributed by atoms with van der Waals surface area (Å²) in [6.07, 6.45) is 0.0838. The average Bonchev–Trinajstić information content (AvgIpc) is 3.88. The fraction of sp³-hybridized carbons (Fsp3) is 0.348. The summed E-state index contributed by atoms with van der Waals surface area (Å²) in [5.74, 6) is 1.36. The van der Waals surface area contributed by atoms with Crippen molar-refractivity contribution in [1.29, 1.82) is 0 Å². The molecule has 1 amide bonds. The van der Waals surface area contributed by atoms with Gasteiger partial charge in [-0.2, -0.15) is 0 Å². The number of hydrogen-bond acceptors (Lipinski definition) is 12. The van der Waals surface area contributed by atoms with Crippen molar-refractivity contribution in [1.82, 2.24) is 24.2 Å². The lowest BCUT2D eigenvalue weighted by molar-refractivity contribution is -0.0937. The van der Waals surface area contributed by atoms with Crippen LogP contribution >= 0.6 is 8.53 Å². The Labute approximate surface area is 358 Å². The number of ether oxygens (including phenoxy) is 5. The number of benzene rings is 4. The second-order valence-corrected chi connectivity index (χ2v) is 16.5. The monoisotopic (exact) mass is 848 g/mol. The number of nitrogens with one attached hydrogen (secondary N) is 1. The number of fused-ring (bicyclic) bond motifs is 1. The van der Waals surface area contributed by atoms with Gasteiger partial charge in [-0.15, -0.1) is 0 Å². The maximum Gasteiger partial charge on any atom is 0.259 e. The highest BCUT2D eigenvalue weighted by atomic mass is 31.2. The molecule has 0 saturated carbocycles. The topological polar surface area (TPSA) is 141 Å². The van der Waals surface area contributed by atoms with Gasteiger partial charge in [0.2, 0.25) is 0 Å². The number of carbonyl (C=O) groups excluding carboxylic acids is 1. The van der Waals surface area contributed by atoms with Crippen molar-refractivity contribution < 1.29 is 37.5 Å². The second kappa shape index (κ2) is 19.6. The fourth-order valence-electron chi connectivity index (χ4n) is 7.89. The van der Waals surface area contributed by atoms with E-state index in [-0.39, 0.29) is 30.4 Å². The molecule has 14 nitrogen and oxygen atoms in total. The van der Waals surface area contributed by atoms with Crippen LogP contribution in [0, 0.1) is 0 Å². The molecule has 1 aliphatic rings. The highest BCUT2D eigenvalue weighted by Gasteiger charge is 2.51. The summed E-state index contributed by atoms with van der Waals surface area (Å²) in [4.78, 5) is 26.9. The van der Waals surface area contributed by atoms with Gasteiger partial charge in [0.1, 0.15) is 41.7 Å². The predicted octanol–water partition coefficient (Wildman–Crippen LogP) is 8.39. The van der Waals surface area contributed by atoms with Crippen LogP contribution in [0.3, 0.4) is 0 Å². The van der Waals surface area contributed by atoms with Crippen LogP contribution in [0.25, 0.3) is 11.2 Å². The molecule has 6 aromatic rings. The summed E-state index contributed by atoms with van der Waals surface area (Å²) in [7, 11) is 4.96. The van der Waals surface area contributed by atoms with Crippen molar-refractivity contribution in [2.24, 2.45) is 0 Å². The lowest BCUT2D eigenvalue weighted by Gasteiger charge is -2.39. The molecule has 0 radical (unpaired) electrons. The number of rotatable bonds is 18. The van der Waals surface area contributed by atoms with Gasteiger partial charge in [0.05, 0.1) is 27.2 Å². The molecule has 0 spiro atoms. The zero-order valence-corrected chi connectivity index (χ0v) is 36.6. The molecule has 1 unspecified atom stereocenters. The van der Waals surface area contributed by atoms with Gasteiger partial charge < -0.3 is 38.0 Å². The summed E-state index contributed by atoms with van der Waals surface area (Å²) in [5.41, 5.74) is 2.79. The minimum atomic E-state index is -1.61. The quantitative estimate of drug-likeness (QED) is 0.0656. The third-order valence-corrected chi connectivity index (χ3v) is 12.7. The zero-order chi connectivity index (χ0) is 43.1. The van der Waals surface area contributed by atoms with Crippen LogP contribution < -0.4 is 14.8 Å². The van der Waals surface area contributed by atoms with E-state index in [4.69, 9.17) is 32.7 Å². The van der Waals surface area contributed by atoms with Gasteiger partial charge in [0, 0.05) is 31.9 Å². The van der Waals surface area contributed by atoms with Gasteiger partial charge in [0.15, 0.2) is 23.2 Å². The first-order chi connectivity index (χ1) is 29.6. The van der Waals surface area contributed by atoms with Crippen molar-refractivity contribution in [3.63, 3.8) is 0 Å². The number of methoxy groups -OCH3 is 3. The Hall–Kier alpha value is -5.31. The molecule has 0 aliphatic carbocycles. The lowest BCUT2D eigenvalue weighted by Crippen LogP contribution is -2.42. The van der Waals surface area contributed by atoms with Crippen molar-refractivity contribution >= 4 is 31.4 Å². The Morgan fingerprint density at radius 2 is 1.34 bits per heavy atom. The Morgan fingerprint density at radius 3 is 1.89 bits per heavy atom.